The van der Waals surface area contributed by atoms with E-state index in [4.69, 9.17) is 36.4 Å². The summed E-state index contributed by atoms with van der Waals surface area (Å²) in [6.45, 7) is 16.5. The van der Waals surface area contributed by atoms with Crippen LogP contribution in [0, 0.1) is 0 Å². The summed E-state index contributed by atoms with van der Waals surface area (Å²) >= 11 is 4.24. The number of rotatable bonds is 23. The minimum absolute atomic E-state index is 0. The van der Waals surface area contributed by atoms with Crippen molar-refractivity contribution in [1.29, 1.82) is 0 Å². The van der Waals surface area contributed by atoms with Gasteiger partial charge >= 0.3 is 23.1 Å². The number of carbonyl (C=O) groups excluding carboxylic acids is 3. The number of ether oxygens (including phenoxy) is 4. The van der Waals surface area contributed by atoms with Gasteiger partial charge in [-0.1, -0.05) is 20.3 Å². The molecule has 58 heavy (non-hydrogen) atoms. The van der Waals surface area contributed by atoms with Crippen LogP contribution in [0.2, 0.25) is 62.5 Å². The van der Waals surface area contributed by atoms with Gasteiger partial charge < -0.3 is 61.4 Å². The molecule has 0 aliphatic carbocycles. The van der Waals surface area contributed by atoms with Crippen LogP contribution in [0.4, 0.5) is 0 Å². The van der Waals surface area contributed by atoms with E-state index in [0.29, 0.717) is 39.5 Å². The summed E-state index contributed by atoms with van der Waals surface area (Å²) in [5, 5.41) is 14.0. The summed E-state index contributed by atoms with van der Waals surface area (Å²) < 4.78 is 45.8. The number of aliphatic hydroxyl groups excluding tert-OH is 1. The molecule has 0 aromatic carbocycles. The quantitative estimate of drug-likeness (QED) is 0.0228. The van der Waals surface area contributed by atoms with E-state index in [0.717, 1.165) is 82.5 Å². The number of carbonyl (C=O) groups is 1. The second-order valence-corrected chi connectivity index (χ2v) is 29.6. The van der Waals surface area contributed by atoms with Gasteiger partial charge in [-0.3, -0.25) is 4.79 Å². The third-order valence-electron chi connectivity index (χ3n) is 8.89. The van der Waals surface area contributed by atoms with Crippen LogP contribution in [0.1, 0.15) is 65.7 Å². The summed E-state index contributed by atoms with van der Waals surface area (Å²) in [5.41, 5.74) is 0. The van der Waals surface area contributed by atoms with E-state index < -0.39 is 33.8 Å². The maximum Gasteiger partial charge on any atom is 0.324 e. The summed E-state index contributed by atoms with van der Waals surface area (Å²) in [4.78, 5) is 30.1. The van der Waals surface area contributed by atoms with Crippen LogP contribution < -0.4 is 10.6 Å². The van der Waals surface area contributed by atoms with Gasteiger partial charge in [0.05, 0.1) is 33.5 Å². The van der Waals surface area contributed by atoms with Crippen LogP contribution in [0.5, 0.6) is 0 Å². The number of esters is 1. The molecular weight excluding hydrogens is 1670 g/mol. The number of halogens is 3. The Morgan fingerprint density at radius 3 is 1.43 bits per heavy atom. The Morgan fingerprint density at radius 1 is 0.690 bits per heavy atom. The van der Waals surface area contributed by atoms with Crippen molar-refractivity contribution in [3.63, 3.8) is 0 Å². The average molecular weight is 1750 g/mol. The Kier molecular flexibility index (Phi) is 52.5. The van der Waals surface area contributed by atoms with Gasteiger partial charge in [-0.25, -0.2) is 0 Å². The van der Waals surface area contributed by atoms with E-state index in [-0.39, 0.29) is 44.0 Å². The molecule has 2 heterocycles. The van der Waals surface area contributed by atoms with Gasteiger partial charge in [0.25, 0.3) is 0 Å². The molecule has 2 saturated heterocycles. The van der Waals surface area contributed by atoms with E-state index in [2.05, 4.69) is 78.8 Å². The normalized spacial score (nSPS) is 23.8. The Balaban J connectivity index is -0.000000189. The molecule has 2 amide bonds. The van der Waals surface area contributed by atoms with Crippen molar-refractivity contribution in [1.82, 2.24) is 10.6 Å². The molecule has 0 spiro atoms. The topological polar surface area (TPSA) is 169 Å². The number of aliphatic hydroxyl groups is 1. The molecule has 0 aromatic heterocycles. The third-order valence-corrected chi connectivity index (χ3v) is 26.1. The Bertz CT molecular complexity index is 951. The first-order valence-corrected chi connectivity index (χ1v) is 36.1. The number of nitrogens with one attached hydrogen (secondary N) is 2. The predicted octanol–water partition coefficient (Wildman–Crippen LogP) is 7.67. The molecule has 14 nitrogen and oxygen atoms in total. The van der Waals surface area contributed by atoms with Crippen LogP contribution in [-0.2, 0) is 50.4 Å². The van der Waals surface area contributed by atoms with Crippen molar-refractivity contribution in [2.75, 3.05) is 80.2 Å². The molecule has 2 aliphatic heterocycles. The average Bonchev–Trinajstić information content (AvgIpc) is 3.13. The summed E-state index contributed by atoms with van der Waals surface area (Å²) in [6.07, 6.45) is 11.8. The SMILES string of the molecule is C.COC(C)=O.COCCOCCC[Si]1(C)OCCCC[Si](C)(CCCN[C-]=O)O1.C[Si]1(CCCN[C-]=O)CCCCO[Si](C)(CCCOCCO)O1.I.II.[Rf].[Rf]. The van der Waals surface area contributed by atoms with Crippen LogP contribution >= 0.6 is 61.2 Å². The molecule has 23 heteroatoms. The van der Waals surface area contributed by atoms with E-state index in [1.54, 1.807) is 19.9 Å². The zero-order chi connectivity index (χ0) is 41.0. The number of amides is 2. The van der Waals surface area contributed by atoms with Crippen LogP contribution in [-0.4, -0.2) is 138 Å². The summed E-state index contributed by atoms with van der Waals surface area (Å²) in [5.74, 6) is -0.245. The fourth-order valence-corrected chi connectivity index (χ4v) is 24.8. The fourth-order valence-electron chi connectivity index (χ4n) is 6.19. The van der Waals surface area contributed by atoms with E-state index >= 15 is 0 Å². The van der Waals surface area contributed by atoms with Crippen molar-refractivity contribution in [3.05, 3.63) is 0 Å². The second kappa shape index (κ2) is 44.2. The minimum atomic E-state index is -2.16. The Morgan fingerprint density at radius 2 is 1.09 bits per heavy atom. The van der Waals surface area contributed by atoms with Crippen molar-refractivity contribution in [3.8, 4) is 0 Å². The first-order valence-electron chi connectivity index (χ1n) is 19.2. The smallest absolute Gasteiger partial charge is 0.324 e. The van der Waals surface area contributed by atoms with Gasteiger partial charge in [0.2, 0.25) is 0 Å². The predicted molar refractivity (Wildman–Crippen MR) is 262 cm³/mol. The van der Waals surface area contributed by atoms with E-state index in [1.807, 2.05) is 0 Å². The molecule has 4 unspecified atom stereocenters. The van der Waals surface area contributed by atoms with E-state index in [9.17, 15) is 14.4 Å². The first kappa shape index (κ1) is 68.9. The Labute approximate surface area is 384 Å². The van der Waals surface area contributed by atoms with Crippen LogP contribution in [0.3, 0.4) is 0 Å². The molecule has 342 valence electrons. The molecule has 3 N–H and O–H groups in total. The van der Waals surface area contributed by atoms with Gasteiger partial charge in [-0.05, 0) is 114 Å². The number of hydrogen-bond donors (Lipinski definition) is 3. The molecule has 0 saturated carbocycles. The summed E-state index contributed by atoms with van der Waals surface area (Å²) in [6, 6.07) is 6.38. The molecular formula is C35H77I3N2O12Rf2Si4-2. The van der Waals surface area contributed by atoms with Crippen molar-refractivity contribution < 1.29 is 55.5 Å². The maximum absolute atomic E-state index is 10.3. The second-order valence-electron chi connectivity index (χ2n) is 14.1. The standard InChI is InChI=1S/C16H34NO5Si2.C15H32NO5Si2.C3H6O2.CH4.I2.HI.2Rf/c1-19-11-12-20-9-7-15-24(3)21-10-4-5-13-23(2,22-24)14-6-8-17-16-18;1-22(13-5-7-16-15-18)12-4-3-10-20-23(2,21-22)14-6-9-19-11-8-17;1-3(4)5-2;;1-2;;;/h4-15H2,1-3H3,(H,17,18);17H,3-14H2,1-2H3,(H,16,18);1-2H3;1H4;;1H;;/q2*-1;;;;;;. The monoisotopic (exact) mass is 1740 g/mol. The molecule has 0 bridgehead atoms. The minimum Gasteiger partial charge on any atom is -0.530 e. The van der Waals surface area contributed by atoms with Crippen molar-refractivity contribution >= 4 is 114 Å². The fraction of sp³-hybridized carbons (Fsp3) is 0.914. The number of methoxy groups -OCH3 is 2. The van der Waals surface area contributed by atoms with Crippen LogP contribution in [0.15, 0.2) is 0 Å². The molecule has 0 aromatic rings. The Hall–Kier alpha value is -0.852. The zero-order valence-corrected chi connectivity index (χ0v) is 59.4. The van der Waals surface area contributed by atoms with Gasteiger partial charge in [0, 0.05) is 77.7 Å². The van der Waals surface area contributed by atoms with Crippen molar-refractivity contribution in [2.24, 2.45) is 0 Å². The van der Waals surface area contributed by atoms with Gasteiger partial charge in [0.1, 0.15) is 0 Å². The molecule has 2 rings (SSSR count). The van der Waals surface area contributed by atoms with Gasteiger partial charge in [-0.2, -0.15) is 12.8 Å². The maximum atomic E-state index is 10.3. The first-order chi connectivity index (χ1) is 25.8. The van der Waals surface area contributed by atoms with Gasteiger partial charge in [0.15, 0.2) is 16.6 Å². The molecule has 2 fully saturated rings. The summed E-state index contributed by atoms with van der Waals surface area (Å²) in [7, 11) is -4.84. The molecule has 0 radical (unpaired) electrons. The zero-order valence-electron chi connectivity index (χ0n) is 36.0. The van der Waals surface area contributed by atoms with Crippen LogP contribution in [0.25, 0.3) is 0 Å². The third kappa shape index (κ3) is 39.3. The largest absolute Gasteiger partial charge is 0.530 e. The number of hydrogen-bond acceptors (Lipinski definition) is 12. The van der Waals surface area contributed by atoms with Crippen molar-refractivity contribution in [2.45, 2.75) is 128 Å². The van der Waals surface area contributed by atoms with Gasteiger partial charge in [-0.15, -0.1) is 24.0 Å². The van der Waals surface area contributed by atoms with E-state index in [1.165, 1.54) is 39.0 Å². The molecule has 4 atom stereocenters. The molecule has 2 aliphatic rings.